The predicted molar refractivity (Wildman–Crippen MR) is 73.4 cm³/mol. The largest absolute Gasteiger partial charge is 0.493 e. The second kappa shape index (κ2) is 6.67. The van der Waals surface area contributed by atoms with Crippen LogP contribution >= 0.6 is 0 Å². The van der Waals surface area contributed by atoms with Crippen LogP contribution in [0.25, 0.3) is 0 Å². The molecule has 1 aliphatic heterocycles. The Labute approximate surface area is 130 Å². The van der Waals surface area contributed by atoms with Crippen LogP contribution in [0.15, 0.2) is 12.1 Å². The molecule has 1 aliphatic rings. The number of methoxy groups -OCH3 is 1. The topological polar surface area (TPSA) is 97.1 Å². The molecule has 0 aromatic heterocycles. The average molecular weight is 331 g/mol. The minimum absolute atomic E-state index is 0.117. The summed E-state index contributed by atoms with van der Waals surface area (Å²) in [5.74, 6) is -1.96. The first-order chi connectivity index (χ1) is 10.8. The van der Waals surface area contributed by atoms with Crippen molar-refractivity contribution in [3.05, 3.63) is 17.7 Å². The summed E-state index contributed by atoms with van der Waals surface area (Å²) in [5, 5.41) is 0. The minimum atomic E-state index is -3.07. The van der Waals surface area contributed by atoms with E-state index >= 15 is 0 Å². The summed E-state index contributed by atoms with van der Waals surface area (Å²) in [4.78, 5) is 23.6. The van der Waals surface area contributed by atoms with Gasteiger partial charge in [-0.2, -0.15) is 8.78 Å². The Kier molecular flexibility index (Phi) is 4.87. The van der Waals surface area contributed by atoms with E-state index in [-0.39, 0.29) is 35.3 Å². The maximum absolute atomic E-state index is 12.3. The molecular formula is C14H15F2NO6. The van der Waals surface area contributed by atoms with Gasteiger partial charge in [0.25, 0.3) is 0 Å². The number of benzene rings is 1. The number of carbonyl (C=O) groups is 2. The molecule has 0 saturated carbocycles. The number of anilines is 1. The summed E-state index contributed by atoms with van der Waals surface area (Å²) in [6.45, 7) is -1.41. The van der Waals surface area contributed by atoms with Gasteiger partial charge >= 0.3 is 18.6 Å². The SMILES string of the molecule is COc1cc(C(=O)O[C@H]2C[C@@H](C)OC2=O)c(N)cc1OC(F)F. The molecule has 1 aromatic carbocycles. The van der Waals surface area contributed by atoms with Crippen LogP contribution in [0.2, 0.25) is 0 Å². The third kappa shape index (κ3) is 3.79. The number of alkyl halides is 2. The van der Waals surface area contributed by atoms with Crippen LogP contribution in [-0.4, -0.2) is 37.9 Å². The molecule has 0 aliphatic carbocycles. The fourth-order valence-corrected chi connectivity index (χ4v) is 2.11. The third-order valence-electron chi connectivity index (χ3n) is 3.15. The van der Waals surface area contributed by atoms with E-state index in [0.29, 0.717) is 0 Å². The first-order valence-electron chi connectivity index (χ1n) is 6.65. The highest BCUT2D eigenvalue weighted by Gasteiger charge is 2.35. The van der Waals surface area contributed by atoms with E-state index in [9.17, 15) is 18.4 Å². The van der Waals surface area contributed by atoms with Crippen LogP contribution in [0.4, 0.5) is 14.5 Å². The lowest BCUT2D eigenvalue weighted by molar-refractivity contribution is -0.147. The molecule has 0 bridgehead atoms. The number of nitrogens with two attached hydrogens (primary N) is 1. The first kappa shape index (κ1) is 16.8. The number of halogens is 2. The van der Waals surface area contributed by atoms with Crippen molar-refractivity contribution in [3.8, 4) is 11.5 Å². The summed E-state index contributed by atoms with van der Waals surface area (Å²) < 4.78 is 43.7. The monoisotopic (exact) mass is 331 g/mol. The van der Waals surface area contributed by atoms with Crippen molar-refractivity contribution in [2.45, 2.75) is 32.2 Å². The Bertz CT molecular complexity index is 622. The Balaban J connectivity index is 2.21. The molecular weight excluding hydrogens is 316 g/mol. The number of carbonyl (C=O) groups excluding carboxylic acids is 2. The highest BCUT2D eigenvalue weighted by Crippen LogP contribution is 2.34. The predicted octanol–water partition coefficient (Wildman–Crippen LogP) is 1.74. The van der Waals surface area contributed by atoms with Gasteiger partial charge in [0.15, 0.2) is 11.5 Å². The van der Waals surface area contributed by atoms with E-state index < -0.39 is 24.7 Å². The van der Waals surface area contributed by atoms with Crippen LogP contribution in [0, 0.1) is 0 Å². The maximum atomic E-state index is 12.3. The smallest absolute Gasteiger partial charge is 0.387 e. The standard InChI is InChI=1S/C14H15F2NO6/c1-6-3-11(13(19)21-6)22-12(18)7-4-9(20-2)10(5-8(7)17)23-14(15)16/h4-6,11,14H,3,17H2,1-2H3/t6-,11+/m1/s1. The number of esters is 2. The Morgan fingerprint density at radius 2 is 2.09 bits per heavy atom. The molecule has 2 atom stereocenters. The van der Waals surface area contributed by atoms with Crippen molar-refractivity contribution in [3.63, 3.8) is 0 Å². The number of hydrogen-bond donors (Lipinski definition) is 1. The zero-order chi connectivity index (χ0) is 17.1. The summed E-state index contributed by atoms with van der Waals surface area (Å²) in [6, 6.07) is 2.14. The summed E-state index contributed by atoms with van der Waals surface area (Å²) in [5.41, 5.74) is 5.38. The Morgan fingerprint density at radius 1 is 1.39 bits per heavy atom. The minimum Gasteiger partial charge on any atom is -0.493 e. The van der Waals surface area contributed by atoms with Gasteiger partial charge in [0.05, 0.1) is 18.4 Å². The van der Waals surface area contributed by atoms with Crippen LogP contribution in [0.3, 0.4) is 0 Å². The first-order valence-corrected chi connectivity index (χ1v) is 6.65. The van der Waals surface area contributed by atoms with Gasteiger partial charge in [-0.25, -0.2) is 9.59 Å². The van der Waals surface area contributed by atoms with E-state index in [1.54, 1.807) is 6.92 Å². The van der Waals surface area contributed by atoms with Gasteiger partial charge in [-0.15, -0.1) is 0 Å². The highest BCUT2D eigenvalue weighted by molar-refractivity contribution is 5.97. The van der Waals surface area contributed by atoms with E-state index in [1.807, 2.05) is 0 Å². The molecule has 126 valence electrons. The van der Waals surface area contributed by atoms with Gasteiger partial charge in [-0.3, -0.25) is 0 Å². The van der Waals surface area contributed by atoms with Gasteiger partial charge < -0.3 is 24.7 Å². The molecule has 2 N–H and O–H groups in total. The van der Waals surface area contributed by atoms with Crippen molar-refractivity contribution in [1.29, 1.82) is 0 Å². The van der Waals surface area contributed by atoms with Gasteiger partial charge in [0.1, 0.15) is 6.10 Å². The molecule has 9 heteroatoms. The molecule has 23 heavy (non-hydrogen) atoms. The lowest BCUT2D eigenvalue weighted by Crippen LogP contribution is -2.23. The van der Waals surface area contributed by atoms with Crippen molar-refractivity contribution < 1.29 is 37.3 Å². The molecule has 0 unspecified atom stereocenters. The quantitative estimate of drug-likeness (QED) is 0.648. The molecule has 7 nitrogen and oxygen atoms in total. The van der Waals surface area contributed by atoms with Crippen LogP contribution in [0.5, 0.6) is 11.5 Å². The zero-order valence-electron chi connectivity index (χ0n) is 12.4. The average Bonchev–Trinajstić information content (AvgIpc) is 2.76. The second-order valence-electron chi connectivity index (χ2n) is 4.85. The molecule has 1 aromatic rings. The summed E-state index contributed by atoms with van der Waals surface area (Å²) in [6.07, 6.45) is -1.15. The molecule has 0 spiro atoms. The number of ether oxygens (including phenoxy) is 4. The maximum Gasteiger partial charge on any atom is 0.387 e. The molecule has 1 fully saturated rings. The van der Waals surface area contributed by atoms with Gasteiger partial charge in [-0.05, 0) is 6.92 Å². The van der Waals surface area contributed by atoms with Crippen molar-refractivity contribution in [2.24, 2.45) is 0 Å². The molecule has 0 radical (unpaired) electrons. The zero-order valence-corrected chi connectivity index (χ0v) is 12.4. The molecule has 0 amide bonds. The van der Waals surface area contributed by atoms with Gasteiger partial charge in [0.2, 0.25) is 6.10 Å². The fourth-order valence-electron chi connectivity index (χ4n) is 2.11. The number of cyclic esters (lactones) is 1. The van der Waals surface area contributed by atoms with Crippen LogP contribution in [-0.2, 0) is 14.3 Å². The highest BCUT2D eigenvalue weighted by atomic mass is 19.3. The van der Waals surface area contributed by atoms with E-state index in [0.717, 1.165) is 12.1 Å². The Hall–Kier alpha value is -2.58. The molecule has 1 heterocycles. The number of rotatable bonds is 5. The molecule has 2 rings (SSSR count). The van der Waals surface area contributed by atoms with E-state index in [4.69, 9.17) is 19.9 Å². The van der Waals surface area contributed by atoms with Crippen molar-refractivity contribution in [2.75, 3.05) is 12.8 Å². The second-order valence-corrected chi connectivity index (χ2v) is 4.85. The normalized spacial score (nSPS) is 20.3. The van der Waals surface area contributed by atoms with Crippen LogP contribution < -0.4 is 15.2 Å². The van der Waals surface area contributed by atoms with Gasteiger partial charge in [0, 0.05) is 18.6 Å². The lowest BCUT2D eigenvalue weighted by atomic mass is 10.1. The number of nitrogen functional groups attached to an aromatic ring is 1. The van der Waals surface area contributed by atoms with Crippen molar-refractivity contribution >= 4 is 17.6 Å². The Morgan fingerprint density at radius 3 is 2.61 bits per heavy atom. The van der Waals surface area contributed by atoms with E-state index in [1.165, 1.54) is 7.11 Å². The van der Waals surface area contributed by atoms with E-state index in [2.05, 4.69) is 4.74 Å². The van der Waals surface area contributed by atoms with Crippen LogP contribution in [0.1, 0.15) is 23.7 Å². The molecule has 1 saturated heterocycles. The summed E-state index contributed by atoms with van der Waals surface area (Å²) in [7, 11) is 1.22. The van der Waals surface area contributed by atoms with Crippen molar-refractivity contribution in [1.82, 2.24) is 0 Å². The lowest BCUT2D eigenvalue weighted by Gasteiger charge is -2.14. The number of hydrogen-bond acceptors (Lipinski definition) is 7. The van der Waals surface area contributed by atoms with Gasteiger partial charge in [-0.1, -0.05) is 0 Å². The summed E-state index contributed by atoms with van der Waals surface area (Å²) >= 11 is 0. The third-order valence-corrected chi connectivity index (χ3v) is 3.15. The fraction of sp³-hybridized carbons (Fsp3) is 0.429.